The van der Waals surface area contributed by atoms with Crippen LogP contribution in [0.4, 0.5) is 4.79 Å². The molecule has 0 bridgehead atoms. The lowest BCUT2D eigenvalue weighted by atomic mass is 10.1. The van der Waals surface area contributed by atoms with Crippen LogP contribution in [0.15, 0.2) is 29.3 Å². The predicted molar refractivity (Wildman–Crippen MR) is 121 cm³/mol. The molecule has 154 valence electrons. The number of aliphatic imine (C=N–C) groups is 1. The first-order valence-corrected chi connectivity index (χ1v) is 9.12. The molecule has 2 aromatic rings. The van der Waals surface area contributed by atoms with Crippen molar-refractivity contribution in [3.63, 3.8) is 0 Å². The number of aromatic nitrogens is 2. The predicted octanol–water partition coefficient (Wildman–Crippen LogP) is 2.48. The summed E-state index contributed by atoms with van der Waals surface area (Å²) in [4.78, 5) is 22.6. The molecule has 9 heteroatoms. The summed E-state index contributed by atoms with van der Waals surface area (Å²) >= 11 is 0. The van der Waals surface area contributed by atoms with Crippen LogP contribution in [0.2, 0.25) is 0 Å². The number of nitrogens with one attached hydrogen (secondary N) is 2. The van der Waals surface area contributed by atoms with Crippen LogP contribution >= 0.6 is 24.0 Å². The summed E-state index contributed by atoms with van der Waals surface area (Å²) in [5, 5.41) is 6.62. The molecule has 0 radical (unpaired) electrons. The van der Waals surface area contributed by atoms with Gasteiger partial charge in [-0.2, -0.15) is 0 Å². The summed E-state index contributed by atoms with van der Waals surface area (Å²) in [6.45, 7) is 7.37. The minimum Gasteiger partial charge on any atom is -0.444 e. The van der Waals surface area contributed by atoms with Crippen LogP contribution in [0.1, 0.15) is 26.6 Å². The van der Waals surface area contributed by atoms with Crippen molar-refractivity contribution < 1.29 is 9.53 Å². The number of halogens is 1. The van der Waals surface area contributed by atoms with Crippen molar-refractivity contribution >= 4 is 47.1 Å². The molecule has 0 aliphatic carbocycles. The van der Waals surface area contributed by atoms with E-state index in [-0.39, 0.29) is 36.1 Å². The largest absolute Gasteiger partial charge is 0.444 e. The maximum atomic E-state index is 12.0. The van der Waals surface area contributed by atoms with Crippen LogP contribution < -0.4 is 10.6 Å². The third kappa shape index (κ3) is 5.27. The van der Waals surface area contributed by atoms with Crippen LogP contribution in [0, 0.1) is 0 Å². The van der Waals surface area contributed by atoms with E-state index in [1.165, 1.54) is 0 Å². The summed E-state index contributed by atoms with van der Waals surface area (Å²) in [6, 6.07) is 8.21. The van der Waals surface area contributed by atoms with Gasteiger partial charge in [0.1, 0.15) is 11.4 Å². The lowest BCUT2D eigenvalue weighted by Gasteiger charge is -2.40. The molecule has 3 rings (SSSR count). The van der Waals surface area contributed by atoms with Gasteiger partial charge in [-0.3, -0.25) is 4.99 Å². The molecular formula is C19H29IN6O2. The molecule has 0 saturated carbocycles. The van der Waals surface area contributed by atoms with Gasteiger partial charge >= 0.3 is 6.09 Å². The highest BCUT2D eigenvalue weighted by atomic mass is 127. The molecule has 0 atom stereocenters. The average Bonchev–Trinajstić information content (AvgIpc) is 2.88. The summed E-state index contributed by atoms with van der Waals surface area (Å²) in [6.07, 6.45) is -0.275. The zero-order chi connectivity index (χ0) is 19.6. The number of hydrogen-bond acceptors (Lipinski definition) is 4. The van der Waals surface area contributed by atoms with E-state index in [0.29, 0.717) is 25.6 Å². The summed E-state index contributed by atoms with van der Waals surface area (Å²) in [5.74, 6) is 1.62. The van der Waals surface area contributed by atoms with Crippen molar-refractivity contribution in [1.29, 1.82) is 0 Å². The van der Waals surface area contributed by atoms with Gasteiger partial charge in [0.2, 0.25) is 0 Å². The Morgan fingerprint density at radius 1 is 1.32 bits per heavy atom. The fraction of sp³-hybridized carbons (Fsp3) is 0.526. The minimum atomic E-state index is -0.473. The number of likely N-dealkylation sites (tertiary alicyclic amines) is 1. The number of carbonyl (C=O) groups excluding carboxylic acids is 1. The van der Waals surface area contributed by atoms with Gasteiger partial charge < -0.3 is 24.8 Å². The molecule has 0 spiro atoms. The first-order valence-electron chi connectivity index (χ1n) is 9.12. The zero-order valence-corrected chi connectivity index (χ0v) is 19.4. The highest BCUT2D eigenvalue weighted by molar-refractivity contribution is 14.0. The number of aryl methyl sites for hydroxylation is 1. The summed E-state index contributed by atoms with van der Waals surface area (Å²) in [7, 11) is 3.74. The van der Waals surface area contributed by atoms with Gasteiger partial charge in [-0.05, 0) is 32.9 Å². The van der Waals surface area contributed by atoms with Gasteiger partial charge in [-0.15, -0.1) is 24.0 Å². The molecule has 1 saturated heterocycles. The minimum absolute atomic E-state index is 0. The van der Waals surface area contributed by atoms with Gasteiger partial charge in [0.15, 0.2) is 5.96 Å². The van der Waals surface area contributed by atoms with E-state index in [1.54, 1.807) is 11.9 Å². The average molecular weight is 500 g/mol. The van der Waals surface area contributed by atoms with E-state index in [2.05, 4.69) is 31.2 Å². The first-order chi connectivity index (χ1) is 12.8. The van der Waals surface area contributed by atoms with Crippen molar-refractivity contribution in [3.05, 3.63) is 30.1 Å². The number of nitrogens with zero attached hydrogens (tertiary/aromatic N) is 4. The number of carbonyl (C=O) groups is 1. The normalized spacial score (nSPS) is 15.0. The second-order valence-electron chi connectivity index (χ2n) is 7.73. The van der Waals surface area contributed by atoms with E-state index in [4.69, 9.17) is 4.74 Å². The Kier molecular flexibility index (Phi) is 7.13. The SMILES string of the molecule is CN=C(NCc1nc2ccccc2n1C)NC1CN(C(=O)OC(C)(C)C)C1.I. The number of amides is 1. The number of ether oxygens (including phenoxy) is 1. The van der Waals surface area contributed by atoms with E-state index >= 15 is 0 Å². The second-order valence-corrected chi connectivity index (χ2v) is 7.73. The monoisotopic (exact) mass is 500 g/mol. The molecule has 2 heterocycles. The highest BCUT2D eigenvalue weighted by Gasteiger charge is 2.34. The van der Waals surface area contributed by atoms with E-state index < -0.39 is 5.60 Å². The topological polar surface area (TPSA) is 83.8 Å². The van der Waals surface area contributed by atoms with Crippen LogP contribution in [0.25, 0.3) is 11.0 Å². The van der Waals surface area contributed by atoms with E-state index in [9.17, 15) is 4.79 Å². The number of rotatable bonds is 3. The van der Waals surface area contributed by atoms with Gasteiger partial charge in [-0.25, -0.2) is 9.78 Å². The quantitative estimate of drug-likeness (QED) is 0.385. The Morgan fingerprint density at radius 3 is 2.61 bits per heavy atom. The lowest BCUT2D eigenvalue weighted by molar-refractivity contribution is 0.00701. The Hall–Kier alpha value is -2.04. The molecular weight excluding hydrogens is 471 g/mol. The zero-order valence-electron chi connectivity index (χ0n) is 17.0. The van der Waals surface area contributed by atoms with E-state index in [0.717, 1.165) is 16.9 Å². The number of para-hydroxylation sites is 2. The Balaban J connectivity index is 0.00000280. The van der Waals surface area contributed by atoms with Gasteiger partial charge in [-0.1, -0.05) is 12.1 Å². The molecule has 2 N–H and O–H groups in total. The molecule has 1 aromatic heterocycles. The van der Waals surface area contributed by atoms with Gasteiger partial charge in [0.05, 0.1) is 23.6 Å². The summed E-state index contributed by atoms with van der Waals surface area (Å²) in [5.41, 5.74) is 1.61. The second kappa shape index (κ2) is 8.97. The Bertz CT molecular complexity index is 852. The van der Waals surface area contributed by atoms with Crippen molar-refractivity contribution in [2.24, 2.45) is 12.0 Å². The maximum absolute atomic E-state index is 12.0. The van der Waals surface area contributed by atoms with Crippen LogP contribution in [0.3, 0.4) is 0 Å². The molecule has 1 aromatic carbocycles. The molecule has 0 unspecified atom stereocenters. The third-order valence-electron chi connectivity index (χ3n) is 4.39. The van der Waals surface area contributed by atoms with Gasteiger partial charge in [0.25, 0.3) is 0 Å². The highest BCUT2D eigenvalue weighted by Crippen LogP contribution is 2.16. The van der Waals surface area contributed by atoms with Crippen molar-refractivity contribution in [3.8, 4) is 0 Å². The van der Waals surface area contributed by atoms with Crippen molar-refractivity contribution in [1.82, 2.24) is 25.1 Å². The molecule has 1 fully saturated rings. The summed E-state index contributed by atoms with van der Waals surface area (Å²) < 4.78 is 7.44. The fourth-order valence-corrected chi connectivity index (χ4v) is 2.95. The molecule has 28 heavy (non-hydrogen) atoms. The van der Waals surface area contributed by atoms with Crippen LogP contribution in [0.5, 0.6) is 0 Å². The Labute approximate surface area is 182 Å². The van der Waals surface area contributed by atoms with E-state index in [1.807, 2.05) is 46.0 Å². The first kappa shape index (κ1) is 22.3. The molecule has 1 aliphatic heterocycles. The standard InChI is InChI=1S/C19H28N6O2.HI/c1-19(2,3)27-18(26)25-11-13(12-25)22-17(20-4)21-10-16-23-14-8-6-7-9-15(14)24(16)5;/h6-9,13H,10-12H2,1-5H3,(H2,20,21,22);1H. The molecule has 8 nitrogen and oxygen atoms in total. The van der Waals surface area contributed by atoms with Crippen LogP contribution in [-0.4, -0.2) is 58.3 Å². The fourth-order valence-electron chi connectivity index (χ4n) is 2.95. The number of guanidine groups is 1. The number of imidazole rings is 1. The van der Waals surface area contributed by atoms with Gasteiger partial charge in [0, 0.05) is 27.2 Å². The number of hydrogen-bond donors (Lipinski definition) is 2. The molecule has 1 aliphatic rings. The van der Waals surface area contributed by atoms with Crippen LogP contribution in [-0.2, 0) is 18.3 Å². The van der Waals surface area contributed by atoms with Crippen molar-refractivity contribution in [2.75, 3.05) is 20.1 Å². The lowest BCUT2D eigenvalue weighted by Crippen LogP contribution is -2.63. The van der Waals surface area contributed by atoms with Crippen molar-refractivity contribution in [2.45, 2.75) is 39.0 Å². The third-order valence-corrected chi connectivity index (χ3v) is 4.39. The number of fused-ring (bicyclic) bond motifs is 1. The Morgan fingerprint density at radius 2 is 2.00 bits per heavy atom. The number of benzene rings is 1. The molecule has 1 amide bonds. The smallest absolute Gasteiger partial charge is 0.410 e. The maximum Gasteiger partial charge on any atom is 0.410 e.